The van der Waals surface area contributed by atoms with Crippen LogP contribution in [0.3, 0.4) is 0 Å². The minimum atomic E-state index is -0.626. The van der Waals surface area contributed by atoms with E-state index in [-0.39, 0.29) is 29.9 Å². The molecular formula is C21H23NO5. The van der Waals surface area contributed by atoms with Gasteiger partial charge in [0.05, 0.1) is 12.7 Å². The maximum atomic E-state index is 12.6. The van der Waals surface area contributed by atoms with Crippen molar-refractivity contribution in [3.8, 4) is 11.5 Å². The third kappa shape index (κ3) is 4.78. The number of benzene rings is 2. The summed E-state index contributed by atoms with van der Waals surface area (Å²) in [6.45, 7) is 1.89. The number of rotatable bonds is 7. The monoisotopic (exact) mass is 369 g/mol. The number of ether oxygens (including phenoxy) is 2. The first-order valence-corrected chi connectivity index (χ1v) is 8.87. The molecule has 142 valence electrons. The summed E-state index contributed by atoms with van der Waals surface area (Å²) >= 11 is 0. The van der Waals surface area contributed by atoms with Gasteiger partial charge in [0.15, 0.2) is 6.61 Å². The van der Waals surface area contributed by atoms with Crippen molar-refractivity contribution in [1.82, 2.24) is 4.90 Å². The van der Waals surface area contributed by atoms with Crippen molar-refractivity contribution in [2.24, 2.45) is 0 Å². The number of phenolic OH excluding ortho intramolecular Hbond substituents is 1. The van der Waals surface area contributed by atoms with Crippen LogP contribution in [-0.2, 0) is 16.1 Å². The molecule has 0 spiro atoms. The summed E-state index contributed by atoms with van der Waals surface area (Å²) in [6, 6.07) is 12.3. The van der Waals surface area contributed by atoms with Crippen LogP contribution in [-0.4, -0.2) is 41.6 Å². The van der Waals surface area contributed by atoms with E-state index < -0.39 is 5.97 Å². The predicted molar refractivity (Wildman–Crippen MR) is 99.7 cm³/mol. The van der Waals surface area contributed by atoms with E-state index in [1.54, 1.807) is 31.1 Å². The molecule has 0 aliphatic heterocycles. The molecule has 0 saturated heterocycles. The Hall–Kier alpha value is -3.02. The Bertz CT molecular complexity index is 827. The average molecular weight is 369 g/mol. The van der Waals surface area contributed by atoms with Crippen LogP contribution in [0.15, 0.2) is 42.5 Å². The molecule has 1 aliphatic rings. The fourth-order valence-electron chi connectivity index (χ4n) is 2.76. The second-order valence-electron chi connectivity index (χ2n) is 6.68. The minimum absolute atomic E-state index is 0.0230. The minimum Gasteiger partial charge on any atom is -0.508 e. The van der Waals surface area contributed by atoms with Gasteiger partial charge in [0, 0.05) is 12.6 Å². The van der Waals surface area contributed by atoms with Crippen LogP contribution in [0.1, 0.15) is 34.3 Å². The molecule has 2 aromatic carbocycles. The first-order valence-electron chi connectivity index (χ1n) is 8.87. The number of carbonyl (C=O) groups is 2. The first kappa shape index (κ1) is 18.8. The second-order valence-corrected chi connectivity index (χ2v) is 6.68. The van der Waals surface area contributed by atoms with Crippen molar-refractivity contribution < 1.29 is 24.2 Å². The van der Waals surface area contributed by atoms with E-state index in [1.807, 2.05) is 24.3 Å². The van der Waals surface area contributed by atoms with E-state index in [0.29, 0.717) is 12.1 Å². The zero-order valence-electron chi connectivity index (χ0n) is 15.5. The number of hydrogen-bond donors (Lipinski definition) is 1. The molecule has 0 radical (unpaired) electrons. The Kier molecular flexibility index (Phi) is 5.64. The Morgan fingerprint density at radius 3 is 2.44 bits per heavy atom. The van der Waals surface area contributed by atoms with Crippen LogP contribution in [0.4, 0.5) is 0 Å². The maximum Gasteiger partial charge on any atom is 0.338 e. The van der Waals surface area contributed by atoms with Gasteiger partial charge in [-0.25, -0.2) is 4.79 Å². The fraction of sp³-hybridized carbons (Fsp3) is 0.333. The number of aromatic hydroxyl groups is 1. The van der Waals surface area contributed by atoms with Crippen LogP contribution in [0.5, 0.6) is 11.5 Å². The van der Waals surface area contributed by atoms with Crippen molar-refractivity contribution >= 4 is 11.9 Å². The summed E-state index contributed by atoms with van der Waals surface area (Å²) < 4.78 is 10.3. The third-order valence-corrected chi connectivity index (χ3v) is 4.59. The first-order chi connectivity index (χ1) is 13.0. The Labute approximate surface area is 158 Å². The Morgan fingerprint density at radius 1 is 1.15 bits per heavy atom. The van der Waals surface area contributed by atoms with E-state index in [1.165, 1.54) is 6.07 Å². The second kappa shape index (κ2) is 8.12. The van der Waals surface area contributed by atoms with Crippen molar-refractivity contribution in [2.75, 3.05) is 13.7 Å². The lowest BCUT2D eigenvalue weighted by Gasteiger charge is -2.22. The Balaban J connectivity index is 1.59. The molecule has 1 saturated carbocycles. The predicted octanol–water partition coefficient (Wildman–Crippen LogP) is 3.06. The topological polar surface area (TPSA) is 76.1 Å². The van der Waals surface area contributed by atoms with Crippen molar-refractivity contribution in [3.05, 3.63) is 59.2 Å². The van der Waals surface area contributed by atoms with Gasteiger partial charge in [-0.1, -0.05) is 18.2 Å². The van der Waals surface area contributed by atoms with Gasteiger partial charge >= 0.3 is 5.97 Å². The highest BCUT2D eigenvalue weighted by molar-refractivity contribution is 5.91. The van der Waals surface area contributed by atoms with Gasteiger partial charge in [-0.15, -0.1) is 0 Å². The smallest absolute Gasteiger partial charge is 0.338 e. The number of esters is 1. The van der Waals surface area contributed by atoms with Gasteiger partial charge < -0.3 is 19.5 Å². The van der Waals surface area contributed by atoms with Gasteiger partial charge in [-0.05, 0) is 55.2 Å². The summed E-state index contributed by atoms with van der Waals surface area (Å²) in [6.07, 6.45) is 1.92. The summed E-state index contributed by atoms with van der Waals surface area (Å²) in [7, 11) is 1.61. The highest BCUT2D eigenvalue weighted by Gasteiger charge is 2.33. The molecule has 1 amide bonds. The average Bonchev–Trinajstić information content (AvgIpc) is 3.51. The molecule has 27 heavy (non-hydrogen) atoms. The maximum absolute atomic E-state index is 12.6. The van der Waals surface area contributed by atoms with Crippen LogP contribution in [0.2, 0.25) is 0 Å². The lowest BCUT2D eigenvalue weighted by Crippen LogP contribution is -2.36. The van der Waals surface area contributed by atoms with E-state index in [4.69, 9.17) is 9.47 Å². The fourth-order valence-corrected chi connectivity index (χ4v) is 2.76. The summed E-state index contributed by atoms with van der Waals surface area (Å²) in [4.78, 5) is 26.5. The number of hydrogen-bond acceptors (Lipinski definition) is 5. The molecule has 2 aromatic rings. The molecule has 0 aromatic heterocycles. The largest absolute Gasteiger partial charge is 0.508 e. The molecule has 0 bridgehead atoms. The van der Waals surface area contributed by atoms with Crippen molar-refractivity contribution in [1.29, 1.82) is 0 Å². The molecule has 0 heterocycles. The highest BCUT2D eigenvalue weighted by atomic mass is 16.5. The summed E-state index contributed by atoms with van der Waals surface area (Å²) in [5.41, 5.74) is 1.88. The van der Waals surface area contributed by atoms with Crippen LogP contribution in [0.25, 0.3) is 0 Å². The zero-order valence-corrected chi connectivity index (χ0v) is 15.5. The number of methoxy groups -OCH3 is 1. The summed E-state index contributed by atoms with van der Waals surface area (Å²) in [5.74, 6) is -0.0648. The quantitative estimate of drug-likeness (QED) is 0.759. The van der Waals surface area contributed by atoms with E-state index in [2.05, 4.69) is 0 Å². The van der Waals surface area contributed by atoms with Gasteiger partial charge in [0.25, 0.3) is 5.91 Å². The highest BCUT2D eigenvalue weighted by Crippen LogP contribution is 2.29. The van der Waals surface area contributed by atoms with Crippen molar-refractivity contribution in [2.45, 2.75) is 32.4 Å². The lowest BCUT2D eigenvalue weighted by molar-refractivity contribution is -0.135. The number of carbonyl (C=O) groups excluding carboxylic acids is 2. The molecule has 6 heteroatoms. The van der Waals surface area contributed by atoms with Gasteiger partial charge in [0.1, 0.15) is 11.5 Å². The molecule has 6 nitrogen and oxygen atoms in total. The van der Waals surface area contributed by atoms with Gasteiger partial charge in [0.2, 0.25) is 0 Å². The molecule has 0 unspecified atom stereocenters. The van der Waals surface area contributed by atoms with Gasteiger partial charge in [-0.2, -0.15) is 0 Å². The standard InChI is InChI=1S/C21H23NO5/c1-14-3-6-16(11-19(14)23)21(25)27-13-20(24)22(17-7-8-17)12-15-4-9-18(26-2)10-5-15/h3-6,9-11,17,23H,7-8,12-13H2,1-2H3. The lowest BCUT2D eigenvalue weighted by atomic mass is 10.1. The van der Waals surface area contributed by atoms with E-state index >= 15 is 0 Å². The molecule has 3 rings (SSSR count). The normalized spacial score (nSPS) is 13.1. The Morgan fingerprint density at radius 2 is 1.85 bits per heavy atom. The van der Waals surface area contributed by atoms with Crippen LogP contribution < -0.4 is 4.74 Å². The van der Waals surface area contributed by atoms with Gasteiger partial charge in [-0.3, -0.25) is 4.79 Å². The number of amides is 1. The van der Waals surface area contributed by atoms with E-state index in [9.17, 15) is 14.7 Å². The summed E-state index contributed by atoms with van der Waals surface area (Å²) in [5, 5.41) is 9.71. The van der Waals surface area contributed by atoms with Crippen LogP contribution >= 0.6 is 0 Å². The SMILES string of the molecule is COc1ccc(CN(C(=O)COC(=O)c2ccc(C)c(O)c2)C2CC2)cc1. The van der Waals surface area contributed by atoms with Crippen molar-refractivity contribution in [3.63, 3.8) is 0 Å². The number of aryl methyl sites for hydroxylation is 1. The molecule has 1 aliphatic carbocycles. The zero-order chi connectivity index (χ0) is 19.4. The van der Waals surface area contributed by atoms with E-state index in [0.717, 1.165) is 24.2 Å². The van der Waals surface area contributed by atoms with Crippen LogP contribution in [0, 0.1) is 6.92 Å². The number of nitrogens with zero attached hydrogens (tertiary/aromatic N) is 1. The molecular weight excluding hydrogens is 346 g/mol. The molecule has 1 fully saturated rings. The third-order valence-electron chi connectivity index (χ3n) is 4.59. The molecule has 0 atom stereocenters. The number of phenols is 1. The molecule has 1 N–H and O–H groups in total.